The summed E-state index contributed by atoms with van der Waals surface area (Å²) in [7, 11) is 1.71. The van der Waals surface area contributed by atoms with Crippen LogP contribution in [0.3, 0.4) is 0 Å². The Bertz CT molecular complexity index is 860. The van der Waals surface area contributed by atoms with E-state index in [1.807, 2.05) is 31.2 Å². The molecule has 1 heterocycles. The van der Waals surface area contributed by atoms with E-state index >= 15 is 0 Å². The van der Waals surface area contributed by atoms with Gasteiger partial charge in [-0.1, -0.05) is 28.1 Å². The number of hydrogen-bond acceptors (Lipinski definition) is 3. The van der Waals surface area contributed by atoms with E-state index in [2.05, 4.69) is 26.0 Å². The van der Waals surface area contributed by atoms with Gasteiger partial charge in [0.25, 0.3) is 5.91 Å². The van der Waals surface area contributed by atoms with Crippen molar-refractivity contribution in [2.24, 2.45) is 0 Å². The molecule has 0 saturated carbocycles. The minimum absolute atomic E-state index is 0.167. The number of amides is 1. The normalized spacial score (nSPS) is 12.0. The van der Waals surface area contributed by atoms with Crippen LogP contribution in [-0.4, -0.2) is 32.6 Å². The summed E-state index contributed by atoms with van der Waals surface area (Å²) in [5.74, 6) is -0.691. The molecule has 0 aliphatic heterocycles. The van der Waals surface area contributed by atoms with Gasteiger partial charge in [0.2, 0.25) is 0 Å². The molecule has 1 atom stereocenters. The van der Waals surface area contributed by atoms with Crippen LogP contribution in [0.15, 0.2) is 59.6 Å². The van der Waals surface area contributed by atoms with Crippen molar-refractivity contribution in [3.8, 4) is 5.69 Å². The molecule has 3 aromatic rings. The first-order valence-corrected chi connectivity index (χ1v) is 8.43. The van der Waals surface area contributed by atoms with Crippen molar-refractivity contribution < 1.29 is 9.18 Å². The van der Waals surface area contributed by atoms with Gasteiger partial charge in [-0.3, -0.25) is 4.79 Å². The van der Waals surface area contributed by atoms with Gasteiger partial charge >= 0.3 is 0 Å². The fourth-order valence-corrected chi connectivity index (χ4v) is 2.99. The first-order chi connectivity index (χ1) is 12.0. The third-order valence-corrected chi connectivity index (χ3v) is 4.53. The summed E-state index contributed by atoms with van der Waals surface area (Å²) in [5.41, 5.74) is 2.16. The average molecular weight is 403 g/mol. The lowest BCUT2D eigenvalue weighted by molar-refractivity contribution is 0.0742. The van der Waals surface area contributed by atoms with E-state index in [1.54, 1.807) is 29.0 Å². The van der Waals surface area contributed by atoms with E-state index in [-0.39, 0.29) is 11.9 Å². The number of carbonyl (C=O) groups excluding carboxylic acids is 1. The van der Waals surface area contributed by atoms with Crippen LogP contribution in [-0.2, 0) is 0 Å². The molecular weight excluding hydrogens is 387 g/mol. The topological polar surface area (TPSA) is 51.0 Å². The summed E-state index contributed by atoms with van der Waals surface area (Å²) >= 11 is 3.22. The molecule has 0 spiro atoms. The Balaban J connectivity index is 1.79. The molecule has 0 radical (unpaired) electrons. The highest BCUT2D eigenvalue weighted by Gasteiger charge is 2.20. The Hall–Kier alpha value is -2.54. The zero-order valence-electron chi connectivity index (χ0n) is 13.7. The van der Waals surface area contributed by atoms with Crippen LogP contribution < -0.4 is 0 Å². The van der Waals surface area contributed by atoms with E-state index in [0.29, 0.717) is 10.0 Å². The number of carbonyl (C=O) groups is 1. The lowest BCUT2D eigenvalue weighted by Gasteiger charge is -2.25. The van der Waals surface area contributed by atoms with Gasteiger partial charge in [0, 0.05) is 17.1 Å². The number of halogens is 2. The van der Waals surface area contributed by atoms with Crippen LogP contribution in [0.1, 0.15) is 28.9 Å². The van der Waals surface area contributed by atoms with Crippen molar-refractivity contribution in [3.05, 3.63) is 76.5 Å². The first-order valence-electron chi connectivity index (χ1n) is 7.64. The highest BCUT2D eigenvalue weighted by atomic mass is 79.9. The molecule has 0 aliphatic rings. The minimum atomic E-state index is -0.448. The third kappa shape index (κ3) is 3.76. The van der Waals surface area contributed by atoms with Crippen LogP contribution in [0.5, 0.6) is 0 Å². The number of benzene rings is 2. The fourth-order valence-electron chi connectivity index (χ4n) is 2.53. The molecule has 1 unspecified atom stereocenters. The molecule has 0 N–H and O–H groups in total. The second-order valence-corrected chi connectivity index (χ2v) is 6.60. The van der Waals surface area contributed by atoms with Crippen LogP contribution in [0.25, 0.3) is 5.69 Å². The van der Waals surface area contributed by atoms with Gasteiger partial charge in [-0.2, -0.15) is 5.10 Å². The molecule has 2 aromatic carbocycles. The van der Waals surface area contributed by atoms with Gasteiger partial charge < -0.3 is 4.90 Å². The van der Waals surface area contributed by atoms with E-state index in [4.69, 9.17) is 0 Å². The molecule has 1 aromatic heterocycles. The van der Waals surface area contributed by atoms with Crippen LogP contribution >= 0.6 is 15.9 Å². The van der Waals surface area contributed by atoms with E-state index in [1.165, 1.54) is 18.5 Å². The molecule has 0 aliphatic carbocycles. The SMILES string of the molecule is CC(c1ccc(-n2cncn2)cc1)N(C)C(=O)c1cc(F)cc(Br)c1. The molecule has 128 valence electrons. The molecule has 0 fully saturated rings. The summed E-state index contributed by atoms with van der Waals surface area (Å²) < 4.78 is 15.7. The summed E-state index contributed by atoms with van der Waals surface area (Å²) in [6, 6.07) is 11.7. The van der Waals surface area contributed by atoms with Crippen molar-refractivity contribution in [3.63, 3.8) is 0 Å². The average Bonchev–Trinajstić information content (AvgIpc) is 3.14. The summed E-state index contributed by atoms with van der Waals surface area (Å²) in [6.07, 6.45) is 3.09. The lowest BCUT2D eigenvalue weighted by atomic mass is 10.1. The van der Waals surface area contributed by atoms with Gasteiger partial charge in [0.1, 0.15) is 18.5 Å². The molecule has 1 amide bonds. The monoisotopic (exact) mass is 402 g/mol. The second-order valence-electron chi connectivity index (χ2n) is 5.68. The third-order valence-electron chi connectivity index (χ3n) is 4.07. The number of hydrogen-bond donors (Lipinski definition) is 0. The molecule has 7 heteroatoms. The van der Waals surface area contributed by atoms with Crippen molar-refractivity contribution in [1.29, 1.82) is 0 Å². The Morgan fingerprint density at radius 1 is 1.24 bits per heavy atom. The van der Waals surface area contributed by atoms with Gasteiger partial charge in [-0.15, -0.1) is 0 Å². The number of rotatable bonds is 4. The predicted octanol–water partition coefficient (Wildman–Crippen LogP) is 4.00. The highest BCUT2D eigenvalue weighted by molar-refractivity contribution is 9.10. The van der Waals surface area contributed by atoms with Crippen molar-refractivity contribution in [2.75, 3.05) is 7.05 Å². The maximum atomic E-state index is 13.5. The zero-order valence-corrected chi connectivity index (χ0v) is 15.3. The van der Waals surface area contributed by atoms with E-state index in [9.17, 15) is 9.18 Å². The van der Waals surface area contributed by atoms with Gasteiger partial charge in [0.05, 0.1) is 11.7 Å². The van der Waals surface area contributed by atoms with Gasteiger partial charge in [-0.05, 0) is 42.8 Å². The number of nitrogens with zero attached hydrogens (tertiary/aromatic N) is 4. The minimum Gasteiger partial charge on any atom is -0.335 e. The van der Waals surface area contributed by atoms with Gasteiger partial charge in [-0.25, -0.2) is 14.1 Å². The van der Waals surface area contributed by atoms with E-state index < -0.39 is 5.82 Å². The summed E-state index contributed by atoms with van der Waals surface area (Å²) in [6.45, 7) is 1.93. The molecule has 0 saturated heterocycles. The summed E-state index contributed by atoms with van der Waals surface area (Å²) in [4.78, 5) is 18.1. The second kappa shape index (κ2) is 7.14. The fraction of sp³-hybridized carbons (Fsp3) is 0.167. The van der Waals surface area contributed by atoms with Crippen LogP contribution in [0.2, 0.25) is 0 Å². The standard InChI is InChI=1S/C18H16BrFN4O/c1-12(13-3-5-17(6-4-13)24-11-21-10-22-24)23(2)18(25)14-7-15(19)9-16(20)8-14/h3-12H,1-2H3. The van der Waals surface area contributed by atoms with Crippen LogP contribution in [0.4, 0.5) is 4.39 Å². The van der Waals surface area contributed by atoms with Crippen molar-refractivity contribution in [1.82, 2.24) is 19.7 Å². The quantitative estimate of drug-likeness (QED) is 0.662. The smallest absolute Gasteiger partial charge is 0.254 e. The Kier molecular flexibility index (Phi) is 4.94. The molecule has 0 bridgehead atoms. The lowest BCUT2D eigenvalue weighted by Crippen LogP contribution is -2.29. The van der Waals surface area contributed by atoms with Gasteiger partial charge in [0.15, 0.2) is 0 Å². The Morgan fingerprint density at radius 2 is 1.96 bits per heavy atom. The molecule has 25 heavy (non-hydrogen) atoms. The number of aromatic nitrogens is 3. The maximum absolute atomic E-state index is 13.5. The van der Waals surface area contributed by atoms with Crippen molar-refractivity contribution >= 4 is 21.8 Å². The van der Waals surface area contributed by atoms with Crippen LogP contribution in [0, 0.1) is 5.82 Å². The largest absolute Gasteiger partial charge is 0.335 e. The van der Waals surface area contributed by atoms with E-state index in [0.717, 1.165) is 11.3 Å². The predicted molar refractivity (Wildman–Crippen MR) is 96.0 cm³/mol. The molecule has 3 rings (SSSR count). The van der Waals surface area contributed by atoms with Crippen molar-refractivity contribution in [2.45, 2.75) is 13.0 Å². The molecule has 5 nitrogen and oxygen atoms in total. The molecular formula is C18H16BrFN4O. The zero-order chi connectivity index (χ0) is 18.0. The Labute approximate surface area is 153 Å². The Morgan fingerprint density at radius 3 is 2.56 bits per heavy atom. The maximum Gasteiger partial charge on any atom is 0.254 e. The first kappa shape index (κ1) is 17.3. The summed E-state index contributed by atoms with van der Waals surface area (Å²) in [5, 5.41) is 4.08. The highest BCUT2D eigenvalue weighted by Crippen LogP contribution is 2.23.